The number of carbonyl (C=O) groups is 1. The van der Waals surface area contributed by atoms with Crippen LogP contribution in [-0.2, 0) is 4.74 Å². The lowest BCUT2D eigenvalue weighted by molar-refractivity contribution is 0.0636. The number of hydrogen-bond acceptors (Lipinski definition) is 5. The van der Waals surface area contributed by atoms with Crippen molar-refractivity contribution in [3.63, 3.8) is 0 Å². The van der Waals surface area contributed by atoms with Crippen LogP contribution in [0.1, 0.15) is 38.6 Å². The number of carbonyl (C=O) groups excluding carboxylic acids is 1. The van der Waals surface area contributed by atoms with Gasteiger partial charge in [-0.3, -0.25) is 5.32 Å². The van der Waals surface area contributed by atoms with Gasteiger partial charge in [0.2, 0.25) is 0 Å². The van der Waals surface area contributed by atoms with Crippen LogP contribution in [0.15, 0.2) is 34.1 Å². The van der Waals surface area contributed by atoms with Crippen molar-refractivity contribution in [2.45, 2.75) is 39.3 Å². The molecule has 2 aromatic rings. The predicted molar refractivity (Wildman–Crippen MR) is 107 cm³/mol. The van der Waals surface area contributed by atoms with E-state index in [4.69, 9.17) is 9.47 Å². The first kappa shape index (κ1) is 19.6. The minimum Gasteiger partial charge on any atom is -0.497 e. The number of methoxy groups -OCH3 is 1. The van der Waals surface area contributed by atoms with E-state index in [0.717, 1.165) is 9.47 Å². The van der Waals surface area contributed by atoms with Crippen LogP contribution in [0.5, 0.6) is 5.75 Å². The molecule has 1 amide bonds. The van der Waals surface area contributed by atoms with E-state index < -0.39 is 11.7 Å². The summed E-state index contributed by atoms with van der Waals surface area (Å²) in [4.78, 5) is 13.3. The number of halogens is 1. The van der Waals surface area contributed by atoms with Gasteiger partial charge in [-0.15, -0.1) is 11.3 Å². The van der Waals surface area contributed by atoms with Gasteiger partial charge in [-0.2, -0.15) is 0 Å². The summed E-state index contributed by atoms with van der Waals surface area (Å²) in [6.07, 6.45) is -0.493. The van der Waals surface area contributed by atoms with Gasteiger partial charge in [0.25, 0.3) is 0 Å². The third kappa shape index (κ3) is 5.93. The Bertz CT molecular complexity index is 740. The molecule has 2 N–H and O–H groups in total. The predicted octanol–water partition coefficient (Wildman–Crippen LogP) is 6.04. The molecule has 5 nitrogen and oxygen atoms in total. The van der Waals surface area contributed by atoms with E-state index in [1.165, 1.54) is 4.88 Å². The first-order chi connectivity index (χ1) is 11.7. The van der Waals surface area contributed by atoms with Crippen molar-refractivity contribution in [1.29, 1.82) is 0 Å². The fraction of sp³-hybridized carbons (Fsp3) is 0.389. The number of rotatable bonds is 5. The van der Waals surface area contributed by atoms with Crippen LogP contribution in [0.4, 0.5) is 16.2 Å². The molecule has 0 saturated carbocycles. The Kier molecular flexibility index (Phi) is 6.35. The van der Waals surface area contributed by atoms with Crippen LogP contribution in [0.2, 0.25) is 0 Å². The molecule has 1 heterocycles. The lowest BCUT2D eigenvalue weighted by Gasteiger charge is -2.22. The Hall–Kier alpha value is -1.73. The van der Waals surface area contributed by atoms with Gasteiger partial charge in [0.1, 0.15) is 11.4 Å². The molecule has 0 radical (unpaired) electrons. The lowest BCUT2D eigenvalue weighted by atomic mass is 10.2. The molecule has 1 atom stereocenters. The van der Waals surface area contributed by atoms with E-state index in [-0.39, 0.29) is 6.04 Å². The molecule has 2 rings (SSSR count). The summed E-state index contributed by atoms with van der Waals surface area (Å²) in [5, 5.41) is 6.22. The summed E-state index contributed by atoms with van der Waals surface area (Å²) in [6.45, 7) is 7.55. The molecule has 25 heavy (non-hydrogen) atoms. The van der Waals surface area contributed by atoms with Gasteiger partial charge in [0, 0.05) is 10.9 Å². The molecular weight excluding hydrogens is 404 g/mol. The topological polar surface area (TPSA) is 59.6 Å². The Balaban J connectivity index is 2.21. The maximum atomic E-state index is 12.1. The van der Waals surface area contributed by atoms with Crippen molar-refractivity contribution in [3.05, 3.63) is 39.0 Å². The molecule has 136 valence electrons. The largest absolute Gasteiger partial charge is 0.497 e. The zero-order chi connectivity index (χ0) is 18.6. The zero-order valence-electron chi connectivity index (χ0n) is 15.0. The molecular formula is C18H23BrN2O3S. The van der Waals surface area contributed by atoms with Crippen LogP contribution >= 0.6 is 27.3 Å². The zero-order valence-corrected chi connectivity index (χ0v) is 17.4. The van der Waals surface area contributed by atoms with Gasteiger partial charge in [-0.05, 0) is 67.9 Å². The smallest absolute Gasteiger partial charge is 0.412 e. The quantitative estimate of drug-likeness (QED) is 0.611. The summed E-state index contributed by atoms with van der Waals surface area (Å²) < 4.78 is 11.7. The summed E-state index contributed by atoms with van der Waals surface area (Å²) in [5.41, 5.74) is 0.848. The summed E-state index contributed by atoms with van der Waals surface area (Å²) in [6, 6.07) is 9.60. The van der Waals surface area contributed by atoms with Gasteiger partial charge in [0.05, 0.1) is 28.3 Å². The second kappa shape index (κ2) is 8.10. The summed E-state index contributed by atoms with van der Waals surface area (Å²) in [5.74, 6) is 0.705. The number of benzene rings is 1. The number of nitrogens with one attached hydrogen (secondary N) is 2. The molecule has 0 aliphatic rings. The Morgan fingerprint density at radius 3 is 2.48 bits per heavy atom. The van der Waals surface area contributed by atoms with E-state index in [1.807, 2.05) is 32.9 Å². The average Bonchev–Trinajstić information content (AvgIpc) is 2.93. The number of ether oxygens (including phenoxy) is 2. The Morgan fingerprint density at radius 1 is 1.20 bits per heavy atom. The molecule has 0 saturated heterocycles. The average molecular weight is 427 g/mol. The number of amides is 1. The minimum atomic E-state index is -0.555. The molecule has 7 heteroatoms. The highest BCUT2D eigenvalue weighted by atomic mass is 79.9. The van der Waals surface area contributed by atoms with Gasteiger partial charge >= 0.3 is 6.09 Å². The lowest BCUT2D eigenvalue weighted by Crippen LogP contribution is -2.27. The Morgan fingerprint density at radius 2 is 1.92 bits per heavy atom. The third-order valence-electron chi connectivity index (χ3n) is 3.26. The molecule has 1 aromatic heterocycles. The van der Waals surface area contributed by atoms with Gasteiger partial charge < -0.3 is 14.8 Å². The van der Waals surface area contributed by atoms with E-state index in [9.17, 15) is 4.79 Å². The van der Waals surface area contributed by atoms with Crippen molar-refractivity contribution in [2.24, 2.45) is 0 Å². The SMILES string of the molecule is COc1ccc(NC(=O)OC(C)(C)C)c(NC(C)c2ccc(Br)s2)c1. The molecule has 0 aliphatic heterocycles. The van der Waals surface area contributed by atoms with E-state index >= 15 is 0 Å². The molecule has 1 aromatic carbocycles. The first-order valence-electron chi connectivity index (χ1n) is 7.88. The second-order valence-corrected chi connectivity index (χ2v) is 9.04. The van der Waals surface area contributed by atoms with Crippen molar-refractivity contribution in [2.75, 3.05) is 17.7 Å². The van der Waals surface area contributed by atoms with E-state index in [0.29, 0.717) is 11.4 Å². The van der Waals surface area contributed by atoms with E-state index in [2.05, 4.69) is 39.6 Å². The van der Waals surface area contributed by atoms with Crippen LogP contribution in [0.25, 0.3) is 0 Å². The van der Waals surface area contributed by atoms with E-state index in [1.54, 1.807) is 30.6 Å². The van der Waals surface area contributed by atoms with Gasteiger partial charge in [0.15, 0.2) is 0 Å². The van der Waals surface area contributed by atoms with Gasteiger partial charge in [-0.25, -0.2) is 4.79 Å². The van der Waals surface area contributed by atoms with Crippen molar-refractivity contribution < 1.29 is 14.3 Å². The molecule has 1 unspecified atom stereocenters. The van der Waals surface area contributed by atoms with Crippen LogP contribution < -0.4 is 15.4 Å². The summed E-state index contributed by atoms with van der Waals surface area (Å²) >= 11 is 5.14. The molecule has 0 bridgehead atoms. The fourth-order valence-electron chi connectivity index (χ4n) is 2.16. The number of anilines is 2. The van der Waals surface area contributed by atoms with Crippen LogP contribution in [0.3, 0.4) is 0 Å². The summed E-state index contributed by atoms with van der Waals surface area (Å²) in [7, 11) is 1.61. The van der Waals surface area contributed by atoms with Crippen molar-refractivity contribution >= 4 is 44.7 Å². The highest BCUT2D eigenvalue weighted by molar-refractivity contribution is 9.11. The van der Waals surface area contributed by atoms with Gasteiger partial charge in [-0.1, -0.05) is 0 Å². The first-order valence-corrected chi connectivity index (χ1v) is 9.48. The number of hydrogen-bond donors (Lipinski definition) is 2. The molecule has 0 fully saturated rings. The van der Waals surface area contributed by atoms with Crippen molar-refractivity contribution in [3.8, 4) is 5.75 Å². The molecule has 0 spiro atoms. The maximum absolute atomic E-state index is 12.1. The highest BCUT2D eigenvalue weighted by Gasteiger charge is 2.18. The third-order valence-corrected chi connectivity index (χ3v) is 5.06. The van der Waals surface area contributed by atoms with Crippen molar-refractivity contribution in [1.82, 2.24) is 0 Å². The maximum Gasteiger partial charge on any atom is 0.412 e. The standard InChI is InChI=1S/C18H23BrN2O3S/c1-11(15-8-9-16(19)25-15)20-14-10-12(23-5)6-7-13(14)21-17(22)24-18(2,3)4/h6-11,20H,1-5H3,(H,21,22). The normalized spacial score (nSPS) is 12.4. The second-order valence-electron chi connectivity index (χ2n) is 6.55. The van der Waals surface area contributed by atoms with Crippen LogP contribution in [0, 0.1) is 0 Å². The van der Waals surface area contributed by atoms with Crippen LogP contribution in [-0.4, -0.2) is 18.8 Å². The monoisotopic (exact) mass is 426 g/mol. The molecule has 0 aliphatic carbocycles. The fourth-order valence-corrected chi connectivity index (χ4v) is 3.58. The number of thiophene rings is 1. The Labute approximate surface area is 160 Å². The minimum absolute atomic E-state index is 0.0718. The highest BCUT2D eigenvalue weighted by Crippen LogP contribution is 2.33.